The minimum absolute atomic E-state index is 0.0372. The summed E-state index contributed by atoms with van der Waals surface area (Å²) in [6, 6.07) is 12.8. The average Bonchev–Trinajstić information content (AvgIpc) is 2.85. The molecule has 2 aromatic carbocycles. The fourth-order valence-corrected chi connectivity index (χ4v) is 3.34. The predicted molar refractivity (Wildman–Crippen MR) is 141 cm³/mol. The normalized spacial score (nSPS) is 11.9. The van der Waals surface area contributed by atoms with Gasteiger partial charge in [-0.1, -0.05) is 39.7 Å². The third kappa shape index (κ3) is 10.7. The number of carbonyl (C=O) groups is 1. The van der Waals surface area contributed by atoms with Crippen LogP contribution in [-0.2, 0) is 9.53 Å². The molecule has 0 saturated carbocycles. The molecule has 6 nitrogen and oxygen atoms in total. The van der Waals surface area contributed by atoms with Crippen LogP contribution in [0.4, 0.5) is 5.69 Å². The van der Waals surface area contributed by atoms with Crippen molar-refractivity contribution in [2.75, 3.05) is 13.2 Å². The molecule has 1 N–H and O–H groups in total. The number of nitrogens with zero attached hydrogens (tertiary/aromatic N) is 1. The number of aromatic hydroxyl groups is 1. The number of hydrogen-bond donors (Lipinski definition) is 1. The van der Waals surface area contributed by atoms with E-state index in [1.807, 2.05) is 37.3 Å². The maximum absolute atomic E-state index is 11.4. The van der Waals surface area contributed by atoms with Crippen LogP contribution in [0.15, 0.2) is 59.6 Å². The standard InChI is InChI=1S/C29H39NO5/c1-5-7-8-9-18-33-26-16-13-24(14-17-26)30-21-23-12-15-27(20-28(23)31)35-25(6-2)11-10-19-34-29(32)22(3)4/h12-17,20-21,25,31H,3,5-11,18-19H2,1-2,4H3. The molecular formula is C29H39NO5. The summed E-state index contributed by atoms with van der Waals surface area (Å²) in [5, 5.41) is 10.4. The second kappa shape index (κ2) is 15.6. The molecule has 0 amide bonds. The zero-order chi connectivity index (χ0) is 25.5. The fourth-order valence-electron chi connectivity index (χ4n) is 3.34. The monoisotopic (exact) mass is 481 g/mol. The minimum atomic E-state index is -0.372. The van der Waals surface area contributed by atoms with Crippen LogP contribution in [-0.4, -0.2) is 36.6 Å². The molecule has 0 radical (unpaired) electrons. The number of phenols is 1. The van der Waals surface area contributed by atoms with Crippen LogP contribution < -0.4 is 9.47 Å². The SMILES string of the molecule is C=C(C)C(=O)OCCCC(CC)Oc1ccc(C=Nc2ccc(OCCCCCC)cc2)c(O)c1. The molecule has 1 unspecified atom stereocenters. The van der Waals surface area contributed by atoms with Gasteiger partial charge in [-0.25, -0.2) is 4.79 Å². The van der Waals surface area contributed by atoms with Gasteiger partial charge in [0.25, 0.3) is 0 Å². The molecule has 0 heterocycles. The van der Waals surface area contributed by atoms with Gasteiger partial charge in [-0.3, -0.25) is 4.99 Å². The topological polar surface area (TPSA) is 77.4 Å². The van der Waals surface area contributed by atoms with Crippen molar-refractivity contribution in [3.8, 4) is 17.2 Å². The summed E-state index contributed by atoms with van der Waals surface area (Å²) in [5.74, 6) is 1.15. The second-order valence-corrected chi connectivity index (χ2v) is 8.59. The Morgan fingerprint density at radius 2 is 1.77 bits per heavy atom. The first-order valence-corrected chi connectivity index (χ1v) is 12.5. The Morgan fingerprint density at radius 3 is 2.43 bits per heavy atom. The summed E-state index contributed by atoms with van der Waals surface area (Å²) in [6.45, 7) is 10.5. The molecule has 0 aliphatic heterocycles. The molecule has 2 rings (SSSR count). The highest BCUT2D eigenvalue weighted by Crippen LogP contribution is 2.26. The average molecular weight is 482 g/mol. The van der Waals surface area contributed by atoms with E-state index in [9.17, 15) is 9.90 Å². The van der Waals surface area contributed by atoms with E-state index in [2.05, 4.69) is 18.5 Å². The second-order valence-electron chi connectivity index (χ2n) is 8.59. The molecule has 35 heavy (non-hydrogen) atoms. The number of hydrogen-bond acceptors (Lipinski definition) is 6. The van der Waals surface area contributed by atoms with Crippen molar-refractivity contribution in [2.24, 2.45) is 4.99 Å². The van der Waals surface area contributed by atoms with Crippen molar-refractivity contribution < 1.29 is 24.1 Å². The highest BCUT2D eigenvalue weighted by atomic mass is 16.5. The predicted octanol–water partition coefficient (Wildman–Crippen LogP) is 7.16. The van der Waals surface area contributed by atoms with Crippen LogP contribution in [0, 0.1) is 0 Å². The van der Waals surface area contributed by atoms with Crippen molar-refractivity contribution in [1.82, 2.24) is 0 Å². The number of aliphatic imine (C=N–C) groups is 1. The van der Waals surface area contributed by atoms with E-state index in [4.69, 9.17) is 14.2 Å². The molecular weight excluding hydrogens is 442 g/mol. The minimum Gasteiger partial charge on any atom is -0.507 e. The van der Waals surface area contributed by atoms with E-state index < -0.39 is 0 Å². The highest BCUT2D eigenvalue weighted by Gasteiger charge is 2.11. The Bertz CT molecular complexity index is 952. The first-order valence-electron chi connectivity index (χ1n) is 12.5. The van der Waals surface area contributed by atoms with E-state index in [1.54, 1.807) is 25.3 Å². The van der Waals surface area contributed by atoms with Gasteiger partial charge in [0.1, 0.15) is 17.2 Å². The lowest BCUT2D eigenvalue weighted by atomic mass is 10.1. The number of phenolic OH excluding ortho intramolecular Hbond substituents is 1. The number of benzene rings is 2. The molecule has 1 atom stereocenters. The van der Waals surface area contributed by atoms with Crippen molar-refractivity contribution >= 4 is 17.9 Å². The number of esters is 1. The van der Waals surface area contributed by atoms with Crippen molar-refractivity contribution in [1.29, 1.82) is 0 Å². The lowest BCUT2D eigenvalue weighted by Crippen LogP contribution is -2.17. The Kier molecular flexibility index (Phi) is 12.5. The van der Waals surface area contributed by atoms with Gasteiger partial charge in [0.15, 0.2) is 0 Å². The quantitative estimate of drug-likeness (QED) is 0.119. The van der Waals surface area contributed by atoms with Gasteiger partial charge in [0.05, 0.1) is 25.0 Å². The van der Waals surface area contributed by atoms with Crippen LogP contribution in [0.2, 0.25) is 0 Å². The molecule has 0 fully saturated rings. The van der Waals surface area contributed by atoms with Crippen molar-refractivity contribution in [3.05, 3.63) is 60.2 Å². The molecule has 0 saturated heterocycles. The lowest BCUT2D eigenvalue weighted by Gasteiger charge is -2.18. The Labute approximate surface area is 209 Å². The molecule has 0 aliphatic rings. The van der Waals surface area contributed by atoms with Crippen molar-refractivity contribution in [2.45, 2.75) is 71.8 Å². The van der Waals surface area contributed by atoms with E-state index in [1.165, 1.54) is 19.3 Å². The summed E-state index contributed by atoms with van der Waals surface area (Å²) in [7, 11) is 0. The van der Waals surface area contributed by atoms with Crippen LogP contribution in [0.1, 0.15) is 71.3 Å². The van der Waals surface area contributed by atoms with Crippen LogP contribution in [0.5, 0.6) is 17.2 Å². The van der Waals surface area contributed by atoms with Crippen LogP contribution >= 0.6 is 0 Å². The van der Waals surface area contributed by atoms with Gasteiger partial charge in [-0.2, -0.15) is 0 Å². The first-order chi connectivity index (χ1) is 16.9. The molecule has 0 aliphatic carbocycles. The molecule has 0 aromatic heterocycles. The molecule has 0 spiro atoms. The first kappa shape index (κ1) is 28.0. The zero-order valence-corrected chi connectivity index (χ0v) is 21.3. The molecule has 6 heteroatoms. The smallest absolute Gasteiger partial charge is 0.333 e. The lowest BCUT2D eigenvalue weighted by molar-refractivity contribution is -0.139. The van der Waals surface area contributed by atoms with Crippen LogP contribution in [0.25, 0.3) is 0 Å². The number of carbonyl (C=O) groups excluding carboxylic acids is 1. The van der Waals surface area contributed by atoms with E-state index >= 15 is 0 Å². The third-order valence-electron chi connectivity index (χ3n) is 5.47. The number of ether oxygens (including phenoxy) is 3. The van der Waals surface area contributed by atoms with Gasteiger partial charge in [0, 0.05) is 23.4 Å². The number of unbranched alkanes of at least 4 members (excludes halogenated alkanes) is 3. The number of rotatable bonds is 16. The maximum atomic E-state index is 11.4. The van der Waals surface area contributed by atoms with Gasteiger partial charge in [-0.15, -0.1) is 0 Å². The fraction of sp³-hybridized carbons (Fsp3) is 0.448. The summed E-state index contributed by atoms with van der Waals surface area (Å²) in [5.41, 5.74) is 1.78. The van der Waals surface area contributed by atoms with Crippen molar-refractivity contribution in [3.63, 3.8) is 0 Å². The van der Waals surface area contributed by atoms with Crippen LogP contribution in [0.3, 0.4) is 0 Å². The van der Waals surface area contributed by atoms with E-state index in [0.717, 1.165) is 37.3 Å². The summed E-state index contributed by atoms with van der Waals surface area (Å²) >= 11 is 0. The van der Waals surface area contributed by atoms with Gasteiger partial charge < -0.3 is 19.3 Å². The van der Waals surface area contributed by atoms with Gasteiger partial charge in [0.2, 0.25) is 0 Å². The zero-order valence-electron chi connectivity index (χ0n) is 21.3. The Morgan fingerprint density at radius 1 is 1.03 bits per heavy atom. The third-order valence-corrected chi connectivity index (χ3v) is 5.47. The van der Waals surface area contributed by atoms with Gasteiger partial charge >= 0.3 is 5.97 Å². The summed E-state index contributed by atoms with van der Waals surface area (Å²) in [6.07, 6.45) is 8.54. The highest BCUT2D eigenvalue weighted by molar-refractivity contribution is 5.87. The Hall–Kier alpha value is -3.28. The van der Waals surface area contributed by atoms with E-state index in [0.29, 0.717) is 29.9 Å². The summed E-state index contributed by atoms with van der Waals surface area (Å²) in [4.78, 5) is 15.9. The Balaban J connectivity index is 1.83. The maximum Gasteiger partial charge on any atom is 0.333 e. The van der Waals surface area contributed by atoms with E-state index in [-0.39, 0.29) is 17.8 Å². The molecule has 2 aromatic rings. The largest absolute Gasteiger partial charge is 0.507 e. The molecule has 0 bridgehead atoms. The summed E-state index contributed by atoms with van der Waals surface area (Å²) < 4.78 is 16.9. The van der Waals surface area contributed by atoms with Gasteiger partial charge in [-0.05, 0) is 69.0 Å². The molecule has 190 valence electrons.